The first-order valence-electron chi connectivity index (χ1n) is 24.2. The minimum atomic E-state index is -0.759. The minimum Gasteiger partial charge on any atom is -0.462 e. The second kappa shape index (κ2) is 42.0. The van der Waals surface area contributed by atoms with Crippen molar-refractivity contribution < 1.29 is 28.6 Å². The molecule has 0 fully saturated rings. The Morgan fingerprint density at radius 3 is 0.891 bits per heavy atom. The molecule has 0 heterocycles. The summed E-state index contributed by atoms with van der Waals surface area (Å²) in [5.41, 5.74) is 0. The van der Waals surface area contributed by atoms with Crippen molar-refractivity contribution in [2.45, 2.75) is 272 Å². The van der Waals surface area contributed by atoms with E-state index in [1.54, 1.807) is 0 Å². The summed E-state index contributed by atoms with van der Waals surface area (Å²) < 4.78 is 16.7. The Bertz CT molecular complexity index is 839. The molecule has 0 rings (SSSR count). The summed E-state index contributed by atoms with van der Waals surface area (Å²) in [6.45, 7) is 11.3. The summed E-state index contributed by atoms with van der Waals surface area (Å²) in [6.07, 6.45) is 41.0. The smallest absolute Gasteiger partial charge is 0.306 e. The van der Waals surface area contributed by atoms with Gasteiger partial charge in [0.1, 0.15) is 13.2 Å². The zero-order valence-electron chi connectivity index (χ0n) is 37.6. The van der Waals surface area contributed by atoms with E-state index in [1.165, 1.54) is 154 Å². The van der Waals surface area contributed by atoms with Gasteiger partial charge in [0.2, 0.25) is 0 Å². The van der Waals surface area contributed by atoms with Gasteiger partial charge in [0, 0.05) is 19.3 Å². The van der Waals surface area contributed by atoms with Gasteiger partial charge in [-0.25, -0.2) is 0 Å². The summed E-state index contributed by atoms with van der Waals surface area (Å²) in [5.74, 6) is 0.804. The molecule has 0 aliphatic carbocycles. The second-order valence-electron chi connectivity index (χ2n) is 17.7. The highest BCUT2D eigenvalue weighted by Gasteiger charge is 2.19. The van der Waals surface area contributed by atoms with Gasteiger partial charge in [-0.05, 0) is 31.1 Å². The third-order valence-electron chi connectivity index (χ3n) is 11.0. The van der Waals surface area contributed by atoms with Crippen molar-refractivity contribution in [2.24, 2.45) is 11.8 Å². The SMILES string of the molecule is CCCCCCCCCC(=O)O[C@@H](COC(=O)CCCCCCCCCCCCCCCCC(C)C)COC(=O)CCCCCCCCCCCCC(C)C. The Morgan fingerprint density at radius 1 is 0.345 bits per heavy atom. The van der Waals surface area contributed by atoms with Crippen LogP contribution in [0.2, 0.25) is 0 Å². The second-order valence-corrected chi connectivity index (χ2v) is 17.7. The zero-order chi connectivity index (χ0) is 40.5. The molecule has 6 nitrogen and oxygen atoms in total. The Morgan fingerprint density at radius 2 is 0.600 bits per heavy atom. The van der Waals surface area contributed by atoms with Gasteiger partial charge in [-0.3, -0.25) is 14.4 Å². The van der Waals surface area contributed by atoms with Crippen LogP contribution in [-0.4, -0.2) is 37.2 Å². The lowest BCUT2D eigenvalue weighted by Crippen LogP contribution is -2.30. The van der Waals surface area contributed by atoms with E-state index < -0.39 is 6.10 Å². The van der Waals surface area contributed by atoms with Crippen molar-refractivity contribution in [2.75, 3.05) is 13.2 Å². The van der Waals surface area contributed by atoms with Crippen molar-refractivity contribution in [1.29, 1.82) is 0 Å². The summed E-state index contributed by atoms with van der Waals surface area (Å²) in [7, 11) is 0. The molecule has 0 spiro atoms. The van der Waals surface area contributed by atoms with E-state index in [0.29, 0.717) is 19.3 Å². The zero-order valence-corrected chi connectivity index (χ0v) is 37.6. The number of unbranched alkanes of at least 4 members (excludes halogenated alkanes) is 28. The standard InChI is InChI=1S/C49H94O6/c1-6-7-8-9-22-31-36-41-49(52)55-46(43-54-48(51)40-35-30-26-21-17-16-19-24-28-33-38-45(4)5)42-53-47(50)39-34-29-25-20-15-13-11-10-12-14-18-23-27-32-37-44(2)3/h44-46H,6-43H2,1-5H3/t46-/m0/s1. The van der Waals surface area contributed by atoms with Crippen LogP contribution in [0.3, 0.4) is 0 Å². The average molecular weight is 779 g/mol. The molecular weight excluding hydrogens is 685 g/mol. The Balaban J connectivity index is 4.18. The molecule has 0 aliphatic heterocycles. The van der Waals surface area contributed by atoms with Crippen molar-refractivity contribution in [3.63, 3.8) is 0 Å². The molecule has 0 aromatic carbocycles. The van der Waals surface area contributed by atoms with E-state index in [9.17, 15) is 14.4 Å². The number of esters is 3. The largest absolute Gasteiger partial charge is 0.462 e. The van der Waals surface area contributed by atoms with E-state index in [2.05, 4.69) is 34.6 Å². The van der Waals surface area contributed by atoms with Crippen molar-refractivity contribution in [1.82, 2.24) is 0 Å². The monoisotopic (exact) mass is 779 g/mol. The quantitative estimate of drug-likeness (QED) is 0.0348. The summed E-state index contributed by atoms with van der Waals surface area (Å²) in [5, 5.41) is 0. The lowest BCUT2D eigenvalue weighted by Gasteiger charge is -2.18. The lowest BCUT2D eigenvalue weighted by molar-refractivity contribution is -0.167. The van der Waals surface area contributed by atoms with E-state index in [-0.39, 0.29) is 31.1 Å². The maximum absolute atomic E-state index is 12.6. The van der Waals surface area contributed by atoms with E-state index in [0.717, 1.165) is 69.6 Å². The molecule has 0 radical (unpaired) electrons. The molecule has 0 saturated heterocycles. The van der Waals surface area contributed by atoms with Gasteiger partial charge in [0.15, 0.2) is 6.10 Å². The number of carbonyl (C=O) groups excluding carboxylic acids is 3. The summed E-state index contributed by atoms with van der Waals surface area (Å²) in [6, 6.07) is 0. The van der Waals surface area contributed by atoms with Crippen molar-refractivity contribution in [3.05, 3.63) is 0 Å². The first kappa shape index (κ1) is 53.4. The van der Waals surface area contributed by atoms with Crippen LogP contribution in [0.15, 0.2) is 0 Å². The van der Waals surface area contributed by atoms with Gasteiger partial charge in [-0.2, -0.15) is 0 Å². The fraction of sp³-hybridized carbons (Fsp3) is 0.939. The van der Waals surface area contributed by atoms with Gasteiger partial charge in [0.25, 0.3) is 0 Å². The lowest BCUT2D eigenvalue weighted by atomic mass is 10.0. The number of carbonyl (C=O) groups is 3. The molecule has 0 aromatic heterocycles. The highest BCUT2D eigenvalue weighted by Crippen LogP contribution is 2.17. The maximum Gasteiger partial charge on any atom is 0.306 e. The van der Waals surface area contributed by atoms with E-state index >= 15 is 0 Å². The Hall–Kier alpha value is -1.59. The fourth-order valence-corrected chi connectivity index (χ4v) is 7.28. The van der Waals surface area contributed by atoms with Gasteiger partial charge in [-0.1, -0.05) is 227 Å². The topological polar surface area (TPSA) is 78.9 Å². The predicted octanol–water partition coefficient (Wildman–Crippen LogP) is 15.4. The molecule has 6 heteroatoms. The molecule has 0 N–H and O–H groups in total. The summed E-state index contributed by atoms with van der Waals surface area (Å²) in [4.78, 5) is 37.7. The van der Waals surface area contributed by atoms with E-state index in [4.69, 9.17) is 14.2 Å². The van der Waals surface area contributed by atoms with Gasteiger partial charge >= 0.3 is 17.9 Å². The van der Waals surface area contributed by atoms with Crippen LogP contribution < -0.4 is 0 Å². The van der Waals surface area contributed by atoms with Crippen LogP contribution in [-0.2, 0) is 28.6 Å². The number of rotatable bonds is 43. The molecule has 0 aliphatic rings. The van der Waals surface area contributed by atoms with Crippen LogP contribution in [0.4, 0.5) is 0 Å². The molecule has 0 aromatic rings. The minimum absolute atomic E-state index is 0.0648. The molecule has 0 saturated carbocycles. The normalized spacial score (nSPS) is 12.1. The molecule has 326 valence electrons. The number of ether oxygens (including phenoxy) is 3. The molecule has 1 atom stereocenters. The molecule has 0 amide bonds. The van der Waals surface area contributed by atoms with Gasteiger partial charge in [-0.15, -0.1) is 0 Å². The van der Waals surface area contributed by atoms with E-state index in [1.807, 2.05) is 0 Å². The highest BCUT2D eigenvalue weighted by atomic mass is 16.6. The first-order valence-corrected chi connectivity index (χ1v) is 24.2. The third-order valence-corrected chi connectivity index (χ3v) is 11.0. The van der Waals surface area contributed by atoms with Crippen molar-refractivity contribution in [3.8, 4) is 0 Å². The Kier molecular flexibility index (Phi) is 40.8. The first-order chi connectivity index (χ1) is 26.7. The van der Waals surface area contributed by atoms with Gasteiger partial charge in [0.05, 0.1) is 0 Å². The number of hydrogen-bond acceptors (Lipinski definition) is 6. The average Bonchev–Trinajstić information content (AvgIpc) is 3.15. The van der Waals surface area contributed by atoms with Crippen LogP contribution >= 0.6 is 0 Å². The van der Waals surface area contributed by atoms with Crippen LogP contribution in [0, 0.1) is 11.8 Å². The molecular formula is C49H94O6. The highest BCUT2D eigenvalue weighted by molar-refractivity contribution is 5.71. The predicted molar refractivity (Wildman–Crippen MR) is 233 cm³/mol. The van der Waals surface area contributed by atoms with Crippen LogP contribution in [0.5, 0.6) is 0 Å². The molecule has 0 unspecified atom stereocenters. The molecule has 55 heavy (non-hydrogen) atoms. The Labute approximate surface area is 342 Å². The fourth-order valence-electron chi connectivity index (χ4n) is 7.28. The van der Waals surface area contributed by atoms with Crippen LogP contribution in [0.25, 0.3) is 0 Å². The number of hydrogen-bond donors (Lipinski definition) is 0. The van der Waals surface area contributed by atoms with Crippen molar-refractivity contribution >= 4 is 17.9 Å². The van der Waals surface area contributed by atoms with Gasteiger partial charge < -0.3 is 14.2 Å². The molecule has 0 bridgehead atoms. The third kappa shape index (κ3) is 43.4. The van der Waals surface area contributed by atoms with Crippen LogP contribution in [0.1, 0.15) is 266 Å². The summed E-state index contributed by atoms with van der Waals surface area (Å²) >= 11 is 0. The maximum atomic E-state index is 12.6.